The van der Waals surface area contributed by atoms with Crippen LogP contribution in [0, 0.1) is 12.7 Å². The first kappa shape index (κ1) is 14.0. The highest BCUT2D eigenvalue weighted by Gasteiger charge is 2.08. The Bertz CT molecular complexity index is 541. The molecule has 0 atom stereocenters. The lowest BCUT2D eigenvalue weighted by Gasteiger charge is -2.05. The number of rotatable bonds is 6. The molecule has 4 nitrogen and oxygen atoms in total. The second kappa shape index (κ2) is 6.68. The van der Waals surface area contributed by atoms with Crippen molar-refractivity contribution in [3.63, 3.8) is 0 Å². The van der Waals surface area contributed by atoms with Gasteiger partial charge in [0.1, 0.15) is 11.6 Å². The third-order valence-electron chi connectivity index (χ3n) is 2.53. The zero-order valence-corrected chi connectivity index (χ0v) is 11.9. The highest BCUT2D eigenvalue weighted by atomic mass is 32.2. The fourth-order valence-electron chi connectivity index (χ4n) is 1.61. The van der Waals surface area contributed by atoms with Crippen LogP contribution in [0.3, 0.4) is 0 Å². The van der Waals surface area contributed by atoms with Gasteiger partial charge in [0.05, 0.1) is 4.90 Å². The quantitative estimate of drug-likeness (QED) is 0.799. The van der Waals surface area contributed by atoms with Gasteiger partial charge < -0.3 is 5.32 Å². The average Bonchev–Trinajstić information content (AvgIpc) is 2.79. The van der Waals surface area contributed by atoms with Crippen molar-refractivity contribution in [2.24, 2.45) is 0 Å². The highest BCUT2D eigenvalue weighted by Crippen LogP contribution is 2.27. The van der Waals surface area contributed by atoms with Crippen LogP contribution < -0.4 is 5.32 Å². The molecule has 0 saturated carbocycles. The van der Waals surface area contributed by atoms with Crippen molar-refractivity contribution in [2.45, 2.75) is 36.9 Å². The van der Waals surface area contributed by atoms with E-state index < -0.39 is 0 Å². The van der Waals surface area contributed by atoms with E-state index in [0.29, 0.717) is 16.6 Å². The number of aryl methyl sites for hydroxylation is 1. The van der Waals surface area contributed by atoms with E-state index in [4.69, 9.17) is 0 Å². The number of H-pyrrole nitrogens is 1. The summed E-state index contributed by atoms with van der Waals surface area (Å²) in [5.41, 5.74) is 0.946. The molecule has 1 heterocycles. The molecule has 2 aromatic rings. The Kier molecular flexibility index (Phi) is 4.93. The Labute approximate surface area is 116 Å². The SMILES string of the molecule is CCCNCc1ccc(Sc2n[nH]c(C)n2)c(F)c1. The number of hydrogen-bond acceptors (Lipinski definition) is 4. The smallest absolute Gasteiger partial charge is 0.213 e. The molecule has 2 rings (SSSR count). The van der Waals surface area contributed by atoms with Gasteiger partial charge >= 0.3 is 0 Å². The largest absolute Gasteiger partial charge is 0.313 e. The lowest BCUT2D eigenvalue weighted by Crippen LogP contribution is -2.13. The van der Waals surface area contributed by atoms with Crippen LogP contribution in [0.5, 0.6) is 0 Å². The molecule has 19 heavy (non-hydrogen) atoms. The number of nitrogens with zero attached hydrogens (tertiary/aromatic N) is 2. The molecule has 0 saturated heterocycles. The Balaban J connectivity index is 2.02. The van der Waals surface area contributed by atoms with Gasteiger partial charge in [-0.25, -0.2) is 9.37 Å². The summed E-state index contributed by atoms with van der Waals surface area (Å²) in [6.45, 7) is 5.55. The van der Waals surface area contributed by atoms with Crippen LogP contribution in [0.25, 0.3) is 0 Å². The summed E-state index contributed by atoms with van der Waals surface area (Å²) >= 11 is 1.22. The molecule has 0 spiro atoms. The number of halogens is 1. The van der Waals surface area contributed by atoms with Gasteiger partial charge in [0.15, 0.2) is 0 Å². The number of aromatic amines is 1. The van der Waals surface area contributed by atoms with Crippen molar-refractivity contribution < 1.29 is 4.39 Å². The molecule has 0 bridgehead atoms. The van der Waals surface area contributed by atoms with Gasteiger partial charge in [-0.3, -0.25) is 5.10 Å². The summed E-state index contributed by atoms with van der Waals surface area (Å²) in [6.07, 6.45) is 1.07. The molecule has 0 radical (unpaired) electrons. The van der Waals surface area contributed by atoms with E-state index >= 15 is 0 Å². The molecule has 0 fully saturated rings. The summed E-state index contributed by atoms with van der Waals surface area (Å²) in [4.78, 5) is 4.69. The Morgan fingerprint density at radius 3 is 2.89 bits per heavy atom. The van der Waals surface area contributed by atoms with Gasteiger partial charge in [-0.2, -0.15) is 0 Å². The normalized spacial score (nSPS) is 10.9. The zero-order chi connectivity index (χ0) is 13.7. The van der Waals surface area contributed by atoms with Gasteiger partial charge in [0.25, 0.3) is 0 Å². The summed E-state index contributed by atoms with van der Waals surface area (Å²) in [7, 11) is 0. The molecule has 0 aliphatic carbocycles. The molecule has 1 aromatic heterocycles. The molecule has 102 valence electrons. The Morgan fingerprint density at radius 2 is 2.26 bits per heavy atom. The van der Waals surface area contributed by atoms with Crippen LogP contribution in [0.4, 0.5) is 4.39 Å². The van der Waals surface area contributed by atoms with Crippen molar-refractivity contribution in [1.82, 2.24) is 20.5 Å². The van der Waals surface area contributed by atoms with Crippen LogP contribution >= 0.6 is 11.8 Å². The van der Waals surface area contributed by atoms with Crippen LogP contribution in [-0.4, -0.2) is 21.7 Å². The molecular weight excluding hydrogens is 263 g/mol. The van der Waals surface area contributed by atoms with Gasteiger partial charge in [0.2, 0.25) is 5.16 Å². The van der Waals surface area contributed by atoms with Gasteiger partial charge in [0, 0.05) is 6.54 Å². The van der Waals surface area contributed by atoms with Crippen molar-refractivity contribution >= 4 is 11.8 Å². The predicted molar refractivity (Wildman–Crippen MR) is 73.6 cm³/mol. The summed E-state index contributed by atoms with van der Waals surface area (Å²) in [5.74, 6) is 0.492. The maximum absolute atomic E-state index is 13.9. The van der Waals surface area contributed by atoms with Crippen molar-refractivity contribution in [3.8, 4) is 0 Å². The number of hydrogen-bond donors (Lipinski definition) is 2. The zero-order valence-electron chi connectivity index (χ0n) is 11.0. The van der Waals surface area contributed by atoms with E-state index in [1.807, 2.05) is 13.0 Å². The minimum absolute atomic E-state index is 0.233. The second-order valence-electron chi connectivity index (χ2n) is 4.25. The lowest BCUT2D eigenvalue weighted by atomic mass is 10.2. The molecular formula is C13H17FN4S. The summed E-state index contributed by atoms with van der Waals surface area (Å²) < 4.78 is 13.9. The third-order valence-corrected chi connectivity index (χ3v) is 3.45. The van der Waals surface area contributed by atoms with Crippen LogP contribution in [0.1, 0.15) is 24.7 Å². The van der Waals surface area contributed by atoms with Crippen LogP contribution in [-0.2, 0) is 6.54 Å². The fourth-order valence-corrected chi connectivity index (χ4v) is 2.38. The van der Waals surface area contributed by atoms with E-state index in [2.05, 4.69) is 27.4 Å². The number of aromatic nitrogens is 3. The number of benzene rings is 1. The van der Waals surface area contributed by atoms with Crippen molar-refractivity contribution in [2.75, 3.05) is 6.54 Å². The molecule has 1 aromatic carbocycles. The van der Waals surface area contributed by atoms with Gasteiger partial charge in [-0.05, 0) is 49.3 Å². The summed E-state index contributed by atoms with van der Waals surface area (Å²) in [6, 6.07) is 5.26. The van der Waals surface area contributed by atoms with Crippen molar-refractivity contribution in [3.05, 3.63) is 35.4 Å². The number of nitrogens with one attached hydrogen (secondary N) is 2. The topological polar surface area (TPSA) is 53.6 Å². The Morgan fingerprint density at radius 1 is 1.42 bits per heavy atom. The Hall–Kier alpha value is -1.40. The van der Waals surface area contributed by atoms with E-state index in [9.17, 15) is 4.39 Å². The first-order chi connectivity index (χ1) is 9.19. The first-order valence-electron chi connectivity index (χ1n) is 6.25. The minimum Gasteiger partial charge on any atom is -0.313 e. The molecule has 6 heteroatoms. The monoisotopic (exact) mass is 280 g/mol. The van der Waals surface area contributed by atoms with Gasteiger partial charge in [-0.1, -0.05) is 13.0 Å². The maximum atomic E-state index is 13.9. The second-order valence-corrected chi connectivity index (χ2v) is 5.26. The van der Waals surface area contributed by atoms with Crippen LogP contribution in [0.15, 0.2) is 28.3 Å². The maximum Gasteiger partial charge on any atom is 0.213 e. The summed E-state index contributed by atoms with van der Waals surface area (Å²) in [5, 5.41) is 10.5. The standard InChI is InChI=1S/C13H17FN4S/c1-3-6-15-8-10-4-5-12(11(14)7-10)19-13-16-9(2)17-18-13/h4-5,7,15H,3,6,8H2,1-2H3,(H,16,17,18). The minimum atomic E-state index is -0.233. The van der Waals surface area contributed by atoms with E-state index in [1.54, 1.807) is 12.1 Å². The average molecular weight is 280 g/mol. The van der Waals surface area contributed by atoms with E-state index in [-0.39, 0.29) is 5.82 Å². The van der Waals surface area contributed by atoms with E-state index in [0.717, 1.165) is 24.4 Å². The fraction of sp³-hybridized carbons (Fsp3) is 0.385. The molecule has 0 unspecified atom stereocenters. The molecule has 0 aliphatic heterocycles. The van der Waals surface area contributed by atoms with Crippen molar-refractivity contribution in [1.29, 1.82) is 0 Å². The molecule has 0 aliphatic rings. The lowest BCUT2D eigenvalue weighted by molar-refractivity contribution is 0.595. The molecule has 2 N–H and O–H groups in total. The van der Waals surface area contributed by atoms with Gasteiger partial charge in [-0.15, -0.1) is 5.10 Å². The predicted octanol–water partition coefficient (Wildman–Crippen LogP) is 2.90. The van der Waals surface area contributed by atoms with Crippen LogP contribution in [0.2, 0.25) is 0 Å². The first-order valence-corrected chi connectivity index (χ1v) is 7.06. The third kappa shape index (κ3) is 4.04. The molecule has 0 amide bonds. The van der Waals surface area contributed by atoms with E-state index in [1.165, 1.54) is 11.8 Å². The highest BCUT2D eigenvalue weighted by molar-refractivity contribution is 7.99.